The molecule has 1 N–H and O–H groups in total. The number of rotatable bonds is 3. The van der Waals surface area contributed by atoms with Crippen LogP contribution in [0, 0.1) is 13.8 Å². The fourth-order valence-corrected chi connectivity index (χ4v) is 2.16. The van der Waals surface area contributed by atoms with Gasteiger partial charge in [-0.3, -0.25) is 0 Å². The molecule has 0 amide bonds. The molecule has 4 heteroatoms. The van der Waals surface area contributed by atoms with Gasteiger partial charge in [-0.05, 0) is 31.4 Å². The monoisotopic (exact) mass is 258 g/mol. The molecule has 0 atom stereocenters. The maximum Gasteiger partial charge on any atom is 0.339 e. The lowest BCUT2D eigenvalue weighted by Crippen LogP contribution is -2.01. The molecule has 1 heterocycles. The number of carboxylic acids is 1. The smallest absolute Gasteiger partial charge is 0.339 e. The topological polar surface area (TPSA) is 55.1 Å². The van der Waals surface area contributed by atoms with Crippen LogP contribution < -0.4 is 0 Å². The van der Waals surface area contributed by atoms with Gasteiger partial charge in [-0.25, -0.2) is 9.48 Å². The third-order valence-corrected chi connectivity index (χ3v) is 3.12. The number of hydrogen-bond donors (Lipinski definition) is 1. The van der Waals surface area contributed by atoms with Crippen LogP contribution in [0.25, 0.3) is 5.69 Å². The number of aromatic carboxylic acids is 1. The van der Waals surface area contributed by atoms with E-state index < -0.39 is 5.97 Å². The summed E-state index contributed by atoms with van der Waals surface area (Å²) in [6, 6.07) is 6.03. The van der Waals surface area contributed by atoms with Crippen LogP contribution in [0.4, 0.5) is 0 Å². The first-order valence-electron chi connectivity index (χ1n) is 6.30. The summed E-state index contributed by atoms with van der Waals surface area (Å²) in [5, 5.41) is 13.7. The van der Waals surface area contributed by atoms with Crippen molar-refractivity contribution in [2.45, 2.75) is 33.6 Å². The Balaban J connectivity index is 2.57. The van der Waals surface area contributed by atoms with Crippen molar-refractivity contribution < 1.29 is 9.90 Å². The standard InChI is InChI=1S/C15H18N2O2/c1-9(2)14-12(15(18)19)8-17(16-14)13-6-5-10(3)7-11(13)4/h5-9H,1-4H3,(H,18,19). The SMILES string of the molecule is Cc1ccc(-n2cc(C(=O)O)c(C(C)C)n2)c(C)c1. The van der Waals surface area contributed by atoms with Crippen LogP contribution >= 0.6 is 0 Å². The van der Waals surface area contributed by atoms with Crippen molar-refractivity contribution in [2.75, 3.05) is 0 Å². The van der Waals surface area contributed by atoms with Crippen molar-refractivity contribution in [1.82, 2.24) is 9.78 Å². The van der Waals surface area contributed by atoms with E-state index in [2.05, 4.69) is 11.2 Å². The van der Waals surface area contributed by atoms with Crippen LogP contribution in [0.15, 0.2) is 24.4 Å². The number of nitrogens with zero attached hydrogens (tertiary/aromatic N) is 2. The van der Waals surface area contributed by atoms with Crippen molar-refractivity contribution >= 4 is 5.97 Å². The highest BCUT2D eigenvalue weighted by molar-refractivity contribution is 5.89. The van der Waals surface area contributed by atoms with E-state index in [-0.39, 0.29) is 11.5 Å². The summed E-state index contributed by atoms with van der Waals surface area (Å²) in [6.45, 7) is 7.92. The lowest BCUT2D eigenvalue weighted by molar-refractivity contribution is 0.0695. The molecule has 4 nitrogen and oxygen atoms in total. The molecule has 2 rings (SSSR count). The highest BCUT2D eigenvalue weighted by atomic mass is 16.4. The van der Waals surface area contributed by atoms with Gasteiger partial charge in [-0.2, -0.15) is 5.10 Å². The summed E-state index contributed by atoms with van der Waals surface area (Å²) in [5.41, 5.74) is 4.06. The van der Waals surface area contributed by atoms with Crippen LogP contribution in [0.1, 0.15) is 46.9 Å². The van der Waals surface area contributed by atoms with Gasteiger partial charge in [-0.15, -0.1) is 0 Å². The van der Waals surface area contributed by atoms with Crippen molar-refractivity contribution in [2.24, 2.45) is 0 Å². The molecule has 1 aromatic heterocycles. The third kappa shape index (κ3) is 2.52. The molecular weight excluding hydrogens is 240 g/mol. The van der Waals surface area contributed by atoms with E-state index in [0.29, 0.717) is 5.69 Å². The van der Waals surface area contributed by atoms with Gasteiger partial charge in [0.15, 0.2) is 0 Å². The number of carboxylic acid groups (broad SMARTS) is 1. The maximum atomic E-state index is 11.3. The zero-order valence-corrected chi connectivity index (χ0v) is 11.6. The van der Waals surface area contributed by atoms with Gasteiger partial charge in [0.2, 0.25) is 0 Å². The Morgan fingerprint density at radius 2 is 2.00 bits per heavy atom. The Morgan fingerprint density at radius 3 is 2.47 bits per heavy atom. The lowest BCUT2D eigenvalue weighted by Gasteiger charge is -2.06. The molecule has 0 unspecified atom stereocenters. The summed E-state index contributed by atoms with van der Waals surface area (Å²) in [5.74, 6) is -0.849. The molecule has 0 aliphatic carbocycles. The molecule has 1 aromatic carbocycles. The fourth-order valence-electron chi connectivity index (χ4n) is 2.16. The quantitative estimate of drug-likeness (QED) is 0.918. The Labute approximate surface area is 112 Å². The van der Waals surface area contributed by atoms with Crippen LogP contribution in [0.3, 0.4) is 0 Å². The second-order valence-electron chi connectivity index (χ2n) is 5.12. The number of benzene rings is 1. The number of carbonyl (C=O) groups is 1. The highest BCUT2D eigenvalue weighted by Crippen LogP contribution is 2.22. The predicted molar refractivity (Wildman–Crippen MR) is 74.1 cm³/mol. The lowest BCUT2D eigenvalue weighted by atomic mass is 10.1. The minimum atomic E-state index is -0.931. The van der Waals surface area contributed by atoms with E-state index >= 15 is 0 Å². The molecule has 2 aromatic rings. The third-order valence-electron chi connectivity index (χ3n) is 3.12. The van der Waals surface area contributed by atoms with Crippen molar-refractivity contribution in [3.63, 3.8) is 0 Å². The second-order valence-corrected chi connectivity index (χ2v) is 5.12. The Bertz CT molecular complexity index is 627. The van der Waals surface area contributed by atoms with E-state index in [1.54, 1.807) is 10.9 Å². The molecule has 0 saturated carbocycles. The zero-order valence-electron chi connectivity index (χ0n) is 11.6. The summed E-state index contributed by atoms with van der Waals surface area (Å²) in [4.78, 5) is 11.3. The second kappa shape index (κ2) is 4.88. The predicted octanol–water partition coefficient (Wildman–Crippen LogP) is 3.31. The molecule has 19 heavy (non-hydrogen) atoms. The Hall–Kier alpha value is -2.10. The van der Waals surface area contributed by atoms with Gasteiger partial charge < -0.3 is 5.11 Å². The molecule has 0 spiro atoms. The largest absolute Gasteiger partial charge is 0.478 e. The molecular formula is C15H18N2O2. The molecule has 0 saturated heterocycles. The molecule has 0 radical (unpaired) electrons. The van der Waals surface area contributed by atoms with Gasteiger partial charge >= 0.3 is 5.97 Å². The first-order valence-corrected chi connectivity index (χ1v) is 6.30. The number of hydrogen-bond acceptors (Lipinski definition) is 2. The van der Waals surface area contributed by atoms with Crippen molar-refractivity contribution in [3.8, 4) is 5.69 Å². The van der Waals surface area contributed by atoms with Gasteiger partial charge in [0.05, 0.1) is 11.4 Å². The minimum Gasteiger partial charge on any atom is -0.478 e. The first-order chi connectivity index (χ1) is 8.90. The van der Waals surface area contributed by atoms with Crippen LogP contribution in [-0.4, -0.2) is 20.9 Å². The van der Waals surface area contributed by atoms with E-state index in [9.17, 15) is 9.90 Å². The highest BCUT2D eigenvalue weighted by Gasteiger charge is 2.19. The van der Waals surface area contributed by atoms with Crippen molar-refractivity contribution in [1.29, 1.82) is 0 Å². The van der Waals surface area contributed by atoms with E-state index in [1.807, 2.05) is 39.8 Å². The van der Waals surface area contributed by atoms with Gasteiger partial charge in [0.1, 0.15) is 5.56 Å². The van der Waals surface area contributed by atoms with Gasteiger partial charge in [0, 0.05) is 6.20 Å². The number of aromatic nitrogens is 2. The van der Waals surface area contributed by atoms with Crippen molar-refractivity contribution in [3.05, 3.63) is 46.8 Å². The summed E-state index contributed by atoms with van der Waals surface area (Å²) in [6.07, 6.45) is 1.59. The molecule has 100 valence electrons. The Morgan fingerprint density at radius 1 is 1.32 bits per heavy atom. The zero-order chi connectivity index (χ0) is 14.2. The van der Waals surface area contributed by atoms with Gasteiger partial charge in [-0.1, -0.05) is 31.5 Å². The average Bonchev–Trinajstić information content (AvgIpc) is 2.73. The summed E-state index contributed by atoms with van der Waals surface area (Å²) in [7, 11) is 0. The van der Waals surface area contributed by atoms with E-state index in [0.717, 1.165) is 11.3 Å². The average molecular weight is 258 g/mol. The molecule has 0 bridgehead atoms. The van der Waals surface area contributed by atoms with Crippen LogP contribution in [0.2, 0.25) is 0 Å². The molecule has 0 aliphatic rings. The van der Waals surface area contributed by atoms with Gasteiger partial charge in [0.25, 0.3) is 0 Å². The maximum absolute atomic E-state index is 11.3. The minimum absolute atomic E-state index is 0.0816. The molecule has 0 aliphatic heterocycles. The molecule has 0 fully saturated rings. The van der Waals surface area contributed by atoms with E-state index in [1.165, 1.54) is 5.56 Å². The normalized spacial score (nSPS) is 11.0. The number of aryl methyl sites for hydroxylation is 2. The van der Waals surface area contributed by atoms with Crippen LogP contribution in [0.5, 0.6) is 0 Å². The fraction of sp³-hybridized carbons (Fsp3) is 0.333. The summed E-state index contributed by atoms with van der Waals surface area (Å²) < 4.78 is 1.66. The van der Waals surface area contributed by atoms with E-state index in [4.69, 9.17) is 0 Å². The first kappa shape index (κ1) is 13.3. The summed E-state index contributed by atoms with van der Waals surface area (Å²) >= 11 is 0. The Kier molecular flexibility index (Phi) is 3.42. The van der Waals surface area contributed by atoms with Crippen LogP contribution in [-0.2, 0) is 0 Å².